The molecule has 0 unspecified atom stereocenters. The zero-order valence-corrected chi connectivity index (χ0v) is 13.1. The van der Waals surface area contributed by atoms with Crippen molar-refractivity contribution in [2.24, 2.45) is 0 Å². The van der Waals surface area contributed by atoms with Crippen LogP contribution in [0, 0.1) is 0 Å². The second-order valence-electron chi connectivity index (χ2n) is 5.34. The summed E-state index contributed by atoms with van der Waals surface area (Å²) in [4.78, 5) is 22.7. The van der Waals surface area contributed by atoms with Crippen molar-refractivity contribution in [2.75, 3.05) is 26.9 Å². The van der Waals surface area contributed by atoms with Crippen molar-refractivity contribution in [3.63, 3.8) is 0 Å². The smallest absolute Gasteiger partial charge is 0.254 e. The third kappa shape index (κ3) is 3.65. The molecule has 0 spiro atoms. The Balaban J connectivity index is 1.64. The van der Waals surface area contributed by atoms with Gasteiger partial charge in [0.1, 0.15) is 18.7 Å². The number of amides is 1. The number of fused-ring (bicyclic) bond motifs is 1. The molecule has 120 valence electrons. The van der Waals surface area contributed by atoms with Crippen LogP contribution in [0.5, 0.6) is 5.75 Å². The van der Waals surface area contributed by atoms with Crippen molar-refractivity contribution in [2.45, 2.75) is 13.0 Å². The van der Waals surface area contributed by atoms with E-state index in [0.29, 0.717) is 31.9 Å². The molecule has 0 N–H and O–H groups in total. The Bertz CT molecular complexity index is 673. The lowest BCUT2D eigenvalue weighted by molar-refractivity contribution is 0.0733. The van der Waals surface area contributed by atoms with E-state index in [1.807, 2.05) is 17.0 Å². The molecule has 1 amide bonds. The average molecular weight is 313 g/mol. The van der Waals surface area contributed by atoms with Crippen LogP contribution in [0.15, 0.2) is 36.8 Å². The van der Waals surface area contributed by atoms with Crippen LogP contribution in [-0.2, 0) is 17.7 Å². The zero-order valence-electron chi connectivity index (χ0n) is 13.1. The minimum atomic E-state index is 0.0166. The van der Waals surface area contributed by atoms with E-state index in [4.69, 9.17) is 9.47 Å². The number of aromatic nitrogens is 2. The topological polar surface area (TPSA) is 64.6 Å². The molecule has 1 aromatic heterocycles. The average Bonchev–Trinajstić information content (AvgIpc) is 2.61. The monoisotopic (exact) mass is 313 g/mol. The van der Waals surface area contributed by atoms with Gasteiger partial charge in [-0.05, 0) is 24.3 Å². The summed E-state index contributed by atoms with van der Waals surface area (Å²) in [6.45, 7) is 2.26. The fourth-order valence-corrected chi connectivity index (χ4v) is 2.56. The van der Waals surface area contributed by atoms with Crippen molar-refractivity contribution >= 4 is 5.91 Å². The Hall–Kier alpha value is -2.47. The summed E-state index contributed by atoms with van der Waals surface area (Å²) in [6.07, 6.45) is 4.11. The summed E-state index contributed by atoms with van der Waals surface area (Å²) in [5.41, 5.74) is 2.71. The highest BCUT2D eigenvalue weighted by atomic mass is 16.5. The molecular formula is C17H19N3O3. The van der Waals surface area contributed by atoms with Gasteiger partial charge in [0.05, 0.1) is 12.3 Å². The number of hydrogen-bond acceptors (Lipinski definition) is 5. The van der Waals surface area contributed by atoms with Crippen molar-refractivity contribution in [3.05, 3.63) is 53.6 Å². The van der Waals surface area contributed by atoms with E-state index in [1.165, 1.54) is 0 Å². The summed E-state index contributed by atoms with van der Waals surface area (Å²) in [5, 5.41) is 0. The van der Waals surface area contributed by atoms with Crippen molar-refractivity contribution in [3.8, 4) is 5.75 Å². The maximum Gasteiger partial charge on any atom is 0.254 e. The van der Waals surface area contributed by atoms with Gasteiger partial charge in [-0.15, -0.1) is 0 Å². The van der Waals surface area contributed by atoms with E-state index in [-0.39, 0.29) is 5.91 Å². The van der Waals surface area contributed by atoms with Crippen LogP contribution < -0.4 is 4.74 Å². The minimum absolute atomic E-state index is 0.0166. The number of carbonyl (C=O) groups is 1. The first-order chi connectivity index (χ1) is 11.3. The van der Waals surface area contributed by atoms with Crippen LogP contribution in [-0.4, -0.2) is 47.6 Å². The van der Waals surface area contributed by atoms with Crippen LogP contribution in [0.2, 0.25) is 0 Å². The van der Waals surface area contributed by atoms with Gasteiger partial charge in [-0.1, -0.05) is 0 Å². The Labute approximate surface area is 135 Å². The fraction of sp³-hybridized carbons (Fsp3) is 0.353. The van der Waals surface area contributed by atoms with E-state index >= 15 is 0 Å². The van der Waals surface area contributed by atoms with E-state index in [9.17, 15) is 4.79 Å². The maximum absolute atomic E-state index is 12.6. The number of rotatable bonds is 5. The van der Waals surface area contributed by atoms with Gasteiger partial charge in [-0.25, -0.2) is 9.97 Å². The predicted octanol–water partition coefficient (Wildman–Crippen LogP) is 1.70. The molecule has 0 saturated carbocycles. The van der Waals surface area contributed by atoms with E-state index in [1.54, 1.807) is 31.8 Å². The maximum atomic E-state index is 12.6. The first-order valence-corrected chi connectivity index (χ1v) is 7.57. The summed E-state index contributed by atoms with van der Waals surface area (Å²) >= 11 is 0. The quantitative estimate of drug-likeness (QED) is 0.786. The Morgan fingerprint density at radius 1 is 1.26 bits per heavy atom. The lowest BCUT2D eigenvalue weighted by Gasteiger charge is -2.27. The number of hydrogen-bond donors (Lipinski definition) is 0. The Kier molecular flexibility index (Phi) is 4.83. The highest BCUT2D eigenvalue weighted by Gasteiger charge is 2.22. The number of nitrogens with zero attached hydrogens (tertiary/aromatic N) is 3. The van der Waals surface area contributed by atoms with E-state index in [0.717, 1.165) is 23.4 Å². The van der Waals surface area contributed by atoms with Gasteiger partial charge in [0.25, 0.3) is 5.91 Å². The second kappa shape index (κ2) is 7.19. The molecule has 2 aromatic rings. The minimum Gasteiger partial charge on any atom is -0.491 e. The lowest BCUT2D eigenvalue weighted by Crippen LogP contribution is -2.36. The van der Waals surface area contributed by atoms with Crippen molar-refractivity contribution in [1.29, 1.82) is 0 Å². The van der Waals surface area contributed by atoms with E-state index in [2.05, 4.69) is 9.97 Å². The number of carbonyl (C=O) groups excluding carboxylic acids is 1. The number of benzene rings is 1. The van der Waals surface area contributed by atoms with Gasteiger partial charge in [0.15, 0.2) is 0 Å². The number of methoxy groups -OCH3 is 1. The zero-order chi connectivity index (χ0) is 16.1. The van der Waals surface area contributed by atoms with Gasteiger partial charge in [0, 0.05) is 43.9 Å². The Morgan fingerprint density at radius 2 is 2.09 bits per heavy atom. The first-order valence-electron chi connectivity index (χ1n) is 7.57. The molecule has 0 saturated heterocycles. The standard InChI is InChI=1S/C17H19N3O3/c1-22-8-9-23-15-4-2-13(3-5-15)17(21)20-7-6-16-14(11-20)10-18-12-19-16/h2-5,10,12H,6-9,11H2,1H3. The highest BCUT2D eigenvalue weighted by Crippen LogP contribution is 2.19. The molecule has 3 rings (SSSR count). The summed E-state index contributed by atoms with van der Waals surface area (Å²) < 4.78 is 10.4. The van der Waals surface area contributed by atoms with Crippen LogP contribution in [0.1, 0.15) is 21.6 Å². The predicted molar refractivity (Wildman–Crippen MR) is 84.3 cm³/mol. The third-order valence-electron chi connectivity index (χ3n) is 3.81. The third-order valence-corrected chi connectivity index (χ3v) is 3.81. The molecule has 0 fully saturated rings. The summed E-state index contributed by atoms with van der Waals surface area (Å²) in [5.74, 6) is 0.749. The van der Waals surface area contributed by atoms with Crippen LogP contribution in [0.25, 0.3) is 0 Å². The molecule has 0 aliphatic carbocycles. The van der Waals surface area contributed by atoms with Crippen LogP contribution >= 0.6 is 0 Å². The summed E-state index contributed by atoms with van der Waals surface area (Å²) in [7, 11) is 1.63. The van der Waals surface area contributed by atoms with E-state index < -0.39 is 0 Å². The molecule has 0 radical (unpaired) electrons. The molecule has 1 aliphatic heterocycles. The highest BCUT2D eigenvalue weighted by molar-refractivity contribution is 5.94. The van der Waals surface area contributed by atoms with Gasteiger partial charge < -0.3 is 14.4 Å². The van der Waals surface area contributed by atoms with Gasteiger partial charge in [-0.3, -0.25) is 4.79 Å². The van der Waals surface area contributed by atoms with Crippen LogP contribution in [0.4, 0.5) is 0 Å². The molecular weight excluding hydrogens is 294 g/mol. The first kappa shape index (κ1) is 15.4. The lowest BCUT2D eigenvalue weighted by atomic mass is 10.1. The molecule has 2 heterocycles. The molecule has 0 bridgehead atoms. The van der Waals surface area contributed by atoms with Gasteiger partial charge >= 0.3 is 0 Å². The molecule has 23 heavy (non-hydrogen) atoms. The van der Waals surface area contributed by atoms with Crippen molar-refractivity contribution < 1.29 is 14.3 Å². The normalized spacial score (nSPS) is 13.5. The van der Waals surface area contributed by atoms with Crippen molar-refractivity contribution in [1.82, 2.24) is 14.9 Å². The molecule has 6 nitrogen and oxygen atoms in total. The Morgan fingerprint density at radius 3 is 2.87 bits per heavy atom. The van der Waals surface area contributed by atoms with Crippen LogP contribution in [0.3, 0.4) is 0 Å². The summed E-state index contributed by atoms with van der Waals surface area (Å²) in [6, 6.07) is 7.21. The van der Waals surface area contributed by atoms with Gasteiger partial charge in [-0.2, -0.15) is 0 Å². The molecule has 6 heteroatoms. The largest absolute Gasteiger partial charge is 0.491 e. The molecule has 1 aliphatic rings. The fourth-order valence-electron chi connectivity index (χ4n) is 2.56. The number of ether oxygens (including phenoxy) is 2. The molecule has 0 atom stereocenters. The SMILES string of the molecule is COCCOc1ccc(C(=O)N2CCc3ncncc3C2)cc1. The molecule has 1 aromatic carbocycles. The second-order valence-corrected chi connectivity index (χ2v) is 5.34. The van der Waals surface area contributed by atoms with Gasteiger partial charge in [0.2, 0.25) is 0 Å².